The van der Waals surface area contributed by atoms with Gasteiger partial charge < -0.3 is 14.3 Å². The molecule has 1 aromatic carbocycles. The summed E-state index contributed by atoms with van der Waals surface area (Å²) in [6.07, 6.45) is 8.03. The molecule has 2 bridgehead atoms. The summed E-state index contributed by atoms with van der Waals surface area (Å²) in [7, 11) is 0. The molecule has 0 saturated heterocycles. The smallest absolute Gasteiger partial charge is 0.316 e. The number of aliphatic hydroxyl groups excluding tert-OH is 1. The zero-order chi connectivity index (χ0) is 32.0. The average molecular weight is 631 g/mol. The molecule has 9 heteroatoms. The molecule has 3 fully saturated rings. The molecule has 2 heterocycles. The zero-order valence-electron chi connectivity index (χ0n) is 26.6. The number of hydrogen-bond acceptors (Lipinski definition) is 8. The van der Waals surface area contributed by atoms with E-state index in [2.05, 4.69) is 54.2 Å². The first kappa shape index (κ1) is 31.7. The van der Waals surface area contributed by atoms with Crippen molar-refractivity contribution >= 4 is 23.5 Å². The number of benzene rings is 1. The quantitative estimate of drug-likeness (QED) is 0.138. The molecular formula is C36H44N3O5S+. The SMILES string of the molecule is C=C[C@]1(C)C[C@@H](OC(=O)CSc2nnc(-c3cc[n+](Cc4ccccc4)cc3)o2)[C@]2(C)[C@H](C)CC[C@]3(CCC(=O)[C@H]32)[C@@H](C)[C@@H]1O. The van der Waals surface area contributed by atoms with Gasteiger partial charge in [-0.05, 0) is 42.9 Å². The van der Waals surface area contributed by atoms with Gasteiger partial charge in [0.2, 0.25) is 5.89 Å². The van der Waals surface area contributed by atoms with E-state index in [9.17, 15) is 14.7 Å². The van der Waals surface area contributed by atoms with E-state index in [1.165, 1.54) is 5.56 Å². The number of nitrogens with zero attached hydrogens (tertiary/aromatic N) is 3. The summed E-state index contributed by atoms with van der Waals surface area (Å²) in [4.78, 5) is 27.1. The molecule has 0 spiro atoms. The monoisotopic (exact) mass is 630 g/mol. The minimum absolute atomic E-state index is 0.0119. The van der Waals surface area contributed by atoms with Crippen LogP contribution in [0, 0.1) is 34.0 Å². The number of pyridine rings is 1. The van der Waals surface area contributed by atoms with E-state index in [0.29, 0.717) is 18.7 Å². The van der Waals surface area contributed by atoms with E-state index >= 15 is 0 Å². The lowest BCUT2D eigenvalue weighted by Crippen LogP contribution is -2.63. The highest BCUT2D eigenvalue weighted by molar-refractivity contribution is 7.99. The molecule has 8 atom stereocenters. The Bertz CT molecular complexity index is 1560. The van der Waals surface area contributed by atoms with E-state index in [1.54, 1.807) is 0 Å². The second kappa shape index (κ2) is 12.1. The predicted octanol–water partition coefficient (Wildman–Crippen LogP) is 6.07. The molecule has 0 radical (unpaired) electrons. The summed E-state index contributed by atoms with van der Waals surface area (Å²) in [6.45, 7) is 13.3. The first-order chi connectivity index (χ1) is 21.5. The molecule has 0 unspecified atom stereocenters. The number of hydrogen-bond donors (Lipinski definition) is 1. The Labute approximate surface area is 269 Å². The summed E-state index contributed by atoms with van der Waals surface area (Å²) in [5, 5.41) is 20.3. The Hall–Kier alpha value is -3.30. The molecule has 2 aromatic heterocycles. The molecule has 6 rings (SSSR count). The van der Waals surface area contributed by atoms with Crippen LogP contribution in [0.1, 0.15) is 65.4 Å². The van der Waals surface area contributed by atoms with Crippen LogP contribution in [0.5, 0.6) is 0 Å². The van der Waals surface area contributed by atoms with Gasteiger partial charge in [-0.2, -0.15) is 0 Å². The van der Waals surface area contributed by atoms with Crippen LogP contribution in [0.4, 0.5) is 0 Å². The minimum Gasteiger partial charge on any atom is -0.461 e. The largest absolute Gasteiger partial charge is 0.461 e. The van der Waals surface area contributed by atoms with Gasteiger partial charge in [-0.15, -0.1) is 16.8 Å². The van der Waals surface area contributed by atoms with Gasteiger partial charge in [0.15, 0.2) is 18.9 Å². The van der Waals surface area contributed by atoms with Crippen LogP contribution in [0.15, 0.2) is 77.2 Å². The maximum atomic E-state index is 13.6. The van der Waals surface area contributed by atoms with Gasteiger partial charge >= 0.3 is 5.97 Å². The normalized spacial score (nSPS) is 34.4. The van der Waals surface area contributed by atoms with E-state index in [4.69, 9.17) is 9.15 Å². The fourth-order valence-electron chi connectivity index (χ4n) is 8.70. The van der Waals surface area contributed by atoms with Gasteiger partial charge in [0.25, 0.3) is 5.22 Å². The lowest BCUT2D eigenvalue weighted by molar-refractivity contribution is -0.688. The molecule has 8 nitrogen and oxygen atoms in total. The lowest BCUT2D eigenvalue weighted by atomic mass is 9.44. The van der Waals surface area contributed by atoms with Crippen molar-refractivity contribution in [3.05, 3.63) is 73.1 Å². The first-order valence-electron chi connectivity index (χ1n) is 16.0. The van der Waals surface area contributed by atoms with Gasteiger partial charge in [0.1, 0.15) is 17.6 Å². The van der Waals surface area contributed by atoms with E-state index in [0.717, 1.165) is 43.1 Å². The topological polar surface area (TPSA) is 106 Å². The van der Waals surface area contributed by atoms with Crippen LogP contribution < -0.4 is 4.57 Å². The second-order valence-electron chi connectivity index (χ2n) is 14.0. The Morgan fingerprint density at radius 2 is 1.89 bits per heavy atom. The van der Waals surface area contributed by atoms with Crippen molar-refractivity contribution < 1.29 is 28.4 Å². The van der Waals surface area contributed by atoms with Crippen LogP contribution in [0.2, 0.25) is 0 Å². The Morgan fingerprint density at radius 3 is 2.60 bits per heavy atom. The Morgan fingerprint density at radius 1 is 1.16 bits per heavy atom. The van der Waals surface area contributed by atoms with Gasteiger partial charge in [0, 0.05) is 40.9 Å². The van der Waals surface area contributed by atoms with Crippen molar-refractivity contribution in [3.63, 3.8) is 0 Å². The number of thioether (sulfide) groups is 1. The highest BCUT2D eigenvalue weighted by Gasteiger charge is 2.68. The predicted molar refractivity (Wildman–Crippen MR) is 171 cm³/mol. The summed E-state index contributed by atoms with van der Waals surface area (Å²) < 4.78 is 14.3. The van der Waals surface area contributed by atoms with Gasteiger partial charge in [-0.25, -0.2) is 4.57 Å². The Balaban J connectivity index is 1.16. The van der Waals surface area contributed by atoms with Crippen LogP contribution in [-0.2, 0) is 20.9 Å². The minimum atomic E-state index is -0.695. The molecule has 0 amide bonds. The van der Waals surface area contributed by atoms with Crippen molar-refractivity contribution in [2.45, 2.75) is 83.8 Å². The highest BCUT2D eigenvalue weighted by atomic mass is 32.2. The van der Waals surface area contributed by atoms with Crippen molar-refractivity contribution in [1.29, 1.82) is 0 Å². The molecule has 0 aliphatic heterocycles. The number of aliphatic hydroxyl groups is 1. The number of carbonyl (C=O) groups excluding carboxylic acids is 2. The summed E-state index contributed by atoms with van der Waals surface area (Å²) in [5.74, 6) is 0.0525. The standard InChI is InChI=1S/C36H44N3O5S/c1-6-34(4)20-28(35(5)23(2)12-16-36(24(3)31(34)42)17-13-27(40)30(35)36)43-29(41)22-45-33-38-37-32(44-33)26-14-18-39(19-15-26)21-25-10-8-7-9-11-25/h6-11,14-15,18-19,23-24,28,30-31,42H,1,12-13,16-17,20-22H2,2-5H3/q+1/t23-,24+,28-,30+,31+,34-,35+,36+/m1/s1. The van der Waals surface area contributed by atoms with Crippen molar-refractivity contribution in [2.24, 2.45) is 34.0 Å². The van der Waals surface area contributed by atoms with Crippen LogP contribution in [-0.4, -0.2) is 45.0 Å². The Kier molecular flexibility index (Phi) is 8.54. The number of ether oxygens (including phenoxy) is 1. The van der Waals surface area contributed by atoms with Crippen LogP contribution in [0.3, 0.4) is 0 Å². The summed E-state index contributed by atoms with van der Waals surface area (Å²) in [5.41, 5.74) is 0.471. The maximum absolute atomic E-state index is 13.6. The molecule has 3 saturated carbocycles. The third-order valence-electron chi connectivity index (χ3n) is 11.6. The molecule has 45 heavy (non-hydrogen) atoms. The highest BCUT2D eigenvalue weighted by Crippen LogP contribution is 2.68. The second-order valence-corrected chi connectivity index (χ2v) is 14.9. The van der Waals surface area contributed by atoms with E-state index < -0.39 is 29.0 Å². The number of esters is 1. The van der Waals surface area contributed by atoms with Gasteiger partial charge in [-0.3, -0.25) is 9.59 Å². The van der Waals surface area contributed by atoms with Crippen LogP contribution >= 0.6 is 11.8 Å². The third-order valence-corrected chi connectivity index (χ3v) is 12.4. The van der Waals surface area contributed by atoms with Crippen molar-refractivity contribution in [1.82, 2.24) is 10.2 Å². The van der Waals surface area contributed by atoms with Gasteiger partial charge in [0.05, 0.1) is 11.7 Å². The lowest BCUT2D eigenvalue weighted by Gasteiger charge is -2.61. The van der Waals surface area contributed by atoms with Crippen molar-refractivity contribution in [2.75, 3.05) is 5.75 Å². The number of Topliss-reactive ketones (excluding diaryl/α,β-unsaturated/α-hetero) is 1. The van der Waals surface area contributed by atoms with E-state index in [1.807, 2.05) is 55.7 Å². The molecule has 3 aromatic rings. The van der Waals surface area contributed by atoms with Crippen LogP contribution in [0.25, 0.3) is 11.5 Å². The zero-order valence-corrected chi connectivity index (χ0v) is 27.5. The molecule has 238 valence electrons. The molecule has 3 aliphatic carbocycles. The fourth-order valence-corrected chi connectivity index (χ4v) is 9.24. The molecular weight excluding hydrogens is 586 g/mol. The maximum Gasteiger partial charge on any atom is 0.316 e. The first-order valence-corrected chi connectivity index (χ1v) is 17.0. The third kappa shape index (κ3) is 5.56. The summed E-state index contributed by atoms with van der Waals surface area (Å²) in [6, 6.07) is 14.1. The molecule has 3 aliphatic rings. The number of rotatable bonds is 8. The fraction of sp³-hybridized carbons (Fsp3) is 0.528. The number of carbonyl (C=O) groups is 2. The number of aromatic nitrogens is 3. The van der Waals surface area contributed by atoms with Crippen molar-refractivity contribution in [3.8, 4) is 11.5 Å². The average Bonchev–Trinajstić information content (AvgIpc) is 3.67. The number of ketones is 1. The van der Waals surface area contributed by atoms with Gasteiger partial charge in [-0.1, -0.05) is 75.9 Å². The summed E-state index contributed by atoms with van der Waals surface area (Å²) >= 11 is 1.14. The molecule has 1 N–H and O–H groups in total. The van der Waals surface area contributed by atoms with E-state index in [-0.39, 0.29) is 39.9 Å².